The van der Waals surface area contributed by atoms with Crippen molar-refractivity contribution in [2.24, 2.45) is 0 Å². The molecule has 5 nitrogen and oxygen atoms in total. The van der Waals surface area contributed by atoms with Crippen molar-refractivity contribution in [2.75, 3.05) is 6.61 Å². The molecule has 0 heterocycles. The number of hydrogen-bond donors (Lipinski definition) is 0. The van der Waals surface area contributed by atoms with Crippen LogP contribution in [0.5, 0.6) is 11.5 Å². The first-order chi connectivity index (χ1) is 21.4. The minimum atomic E-state index is -0.988. The van der Waals surface area contributed by atoms with E-state index in [-0.39, 0.29) is 6.42 Å². The number of unbranched alkanes of at least 4 members (excludes halogenated alkanes) is 8. The van der Waals surface area contributed by atoms with Crippen LogP contribution >= 0.6 is 0 Å². The fraction of sp³-hybridized carbons (Fsp3) is 0.474. The molecule has 0 N–H and O–H groups in total. The predicted octanol–water partition coefficient (Wildman–Crippen LogP) is 10.6. The van der Waals surface area contributed by atoms with Crippen LogP contribution < -0.4 is 9.47 Å². The van der Waals surface area contributed by atoms with Crippen LogP contribution in [-0.2, 0) is 4.74 Å². The van der Waals surface area contributed by atoms with E-state index in [1.165, 1.54) is 69.2 Å². The smallest absolute Gasteiger partial charge is 0.343 e. The van der Waals surface area contributed by atoms with Gasteiger partial charge in [0, 0.05) is 6.42 Å². The number of carbonyl (C=O) groups excluding carboxylic acids is 2. The van der Waals surface area contributed by atoms with Gasteiger partial charge >= 0.3 is 11.9 Å². The van der Waals surface area contributed by atoms with E-state index in [1.54, 1.807) is 19.1 Å². The van der Waals surface area contributed by atoms with Crippen molar-refractivity contribution in [3.8, 4) is 22.6 Å². The summed E-state index contributed by atoms with van der Waals surface area (Å²) in [4.78, 5) is 25.1. The summed E-state index contributed by atoms with van der Waals surface area (Å²) in [5, 5.41) is 0. The molecule has 0 saturated heterocycles. The van der Waals surface area contributed by atoms with Crippen molar-refractivity contribution in [3.63, 3.8) is 0 Å². The van der Waals surface area contributed by atoms with E-state index in [0.29, 0.717) is 23.3 Å². The van der Waals surface area contributed by atoms with E-state index in [2.05, 4.69) is 6.92 Å². The van der Waals surface area contributed by atoms with Crippen LogP contribution in [0.1, 0.15) is 119 Å². The van der Waals surface area contributed by atoms with Gasteiger partial charge in [0.25, 0.3) is 0 Å². The topological polar surface area (TPSA) is 61.8 Å². The Morgan fingerprint density at radius 1 is 0.636 bits per heavy atom. The lowest BCUT2D eigenvalue weighted by molar-refractivity contribution is 0.0266. The number of ether oxygens (including phenoxy) is 3. The Morgan fingerprint density at radius 3 is 1.70 bits per heavy atom. The van der Waals surface area contributed by atoms with Crippen molar-refractivity contribution in [2.45, 2.75) is 110 Å². The molecule has 0 spiro atoms. The van der Waals surface area contributed by atoms with Crippen molar-refractivity contribution < 1.29 is 28.2 Å². The molecule has 0 aliphatic carbocycles. The zero-order valence-electron chi connectivity index (χ0n) is 26.7. The van der Waals surface area contributed by atoms with Crippen molar-refractivity contribution in [1.82, 2.24) is 0 Å². The molecule has 3 rings (SSSR count). The fourth-order valence-corrected chi connectivity index (χ4v) is 5.00. The van der Waals surface area contributed by atoms with Gasteiger partial charge in [-0.2, -0.15) is 0 Å². The summed E-state index contributed by atoms with van der Waals surface area (Å²) >= 11 is 0. The van der Waals surface area contributed by atoms with Crippen LogP contribution in [0.2, 0.25) is 0 Å². The monoisotopic (exact) mass is 604 g/mol. The molecule has 0 amide bonds. The van der Waals surface area contributed by atoms with E-state index in [1.807, 2.05) is 43.3 Å². The zero-order chi connectivity index (χ0) is 31.6. The van der Waals surface area contributed by atoms with Crippen LogP contribution in [0.25, 0.3) is 11.1 Å². The highest BCUT2D eigenvalue weighted by Crippen LogP contribution is 2.25. The molecule has 0 aliphatic heterocycles. The number of alkyl halides is 1. The largest absolute Gasteiger partial charge is 0.494 e. The van der Waals surface area contributed by atoms with Gasteiger partial charge in [0.2, 0.25) is 0 Å². The number of esters is 2. The maximum atomic E-state index is 14.0. The highest BCUT2D eigenvalue weighted by atomic mass is 19.1. The maximum absolute atomic E-state index is 14.0. The Morgan fingerprint density at radius 2 is 1.14 bits per heavy atom. The Kier molecular flexibility index (Phi) is 15.5. The molecule has 238 valence electrons. The molecular weight excluding hydrogens is 555 g/mol. The molecule has 3 aromatic carbocycles. The van der Waals surface area contributed by atoms with E-state index in [0.717, 1.165) is 42.7 Å². The molecule has 44 heavy (non-hydrogen) atoms. The standard InChI is InChI=1S/C38H49FO5/c1-4-6-8-9-10-11-12-13-27-42-35-23-19-30(20-24-35)31-21-25-36(26-22-31)44-38(41)33-17-15-32(16-18-33)37(40)43-29(3)28-34(39)14-7-5-2/h15-26,29,34H,4-14,27-28H2,1-3H3/t29-,34-/m0/s1. The Bertz CT molecular complexity index is 1240. The molecule has 2 atom stereocenters. The fourth-order valence-electron chi connectivity index (χ4n) is 5.00. The van der Waals surface area contributed by atoms with Gasteiger partial charge < -0.3 is 14.2 Å². The summed E-state index contributed by atoms with van der Waals surface area (Å²) in [7, 11) is 0. The second kappa shape index (κ2) is 19.6. The minimum Gasteiger partial charge on any atom is -0.494 e. The van der Waals surface area contributed by atoms with Gasteiger partial charge in [0.05, 0.1) is 17.7 Å². The molecular formula is C38H49FO5. The first-order valence-electron chi connectivity index (χ1n) is 16.4. The highest BCUT2D eigenvalue weighted by Gasteiger charge is 2.18. The van der Waals surface area contributed by atoms with E-state index < -0.39 is 24.2 Å². The van der Waals surface area contributed by atoms with Crippen molar-refractivity contribution >= 4 is 11.9 Å². The van der Waals surface area contributed by atoms with Crippen molar-refractivity contribution in [3.05, 3.63) is 83.9 Å². The Balaban J connectivity index is 1.41. The first-order valence-corrected chi connectivity index (χ1v) is 16.4. The van der Waals surface area contributed by atoms with Gasteiger partial charge in [0.1, 0.15) is 23.8 Å². The SMILES string of the molecule is CCCCCCCCCCOc1ccc(-c2ccc(OC(=O)c3ccc(C(=O)O[C@@H](C)C[C@@H](F)CCCC)cc3)cc2)cc1. The number of carbonyl (C=O) groups is 2. The maximum Gasteiger partial charge on any atom is 0.343 e. The molecule has 0 saturated carbocycles. The van der Waals surface area contributed by atoms with Gasteiger partial charge in [-0.25, -0.2) is 14.0 Å². The van der Waals surface area contributed by atoms with E-state index in [9.17, 15) is 14.0 Å². The zero-order valence-corrected chi connectivity index (χ0v) is 26.7. The second-order valence-corrected chi connectivity index (χ2v) is 11.5. The quantitative estimate of drug-likeness (QED) is 0.0729. The van der Waals surface area contributed by atoms with E-state index in [4.69, 9.17) is 14.2 Å². The normalized spacial score (nSPS) is 12.4. The molecule has 0 unspecified atom stereocenters. The summed E-state index contributed by atoms with van der Waals surface area (Å²) in [6, 6.07) is 21.4. The van der Waals surface area contributed by atoms with Crippen LogP contribution in [0, 0.1) is 0 Å². The summed E-state index contributed by atoms with van der Waals surface area (Å²) in [6.45, 7) is 6.69. The number of rotatable bonds is 20. The summed E-state index contributed by atoms with van der Waals surface area (Å²) in [5.41, 5.74) is 2.65. The lowest BCUT2D eigenvalue weighted by Crippen LogP contribution is -2.19. The summed E-state index contributed by atoms with van der Waals surface area (Å²) < 4.78 is 30.8. The molecule has 0 aromatic heterocycles. The van der Waals surface area contributed by atoms with Crippen LogP contribution in [-0.4, -0.2) is 30.8 Å². The average molecular weight is 605 g/mol. The number of benzene rings is 3. The Hall–Kier alpha value is -3.67. The van der Waals surface area contributed by atoms with Gasteiger partial charge in [-0.1, -0.05) is 95.9 Å². The Labute approximate surface area is 263 Å². The molecule has 0 radical (unpaired) electrons. The highest BCUT2D eigenvalue weighted by molar-refractivity contribution is 5.94. The number of halogens is 1. The van der Waals surface area contributed by atoms with Gasteiger partial charge in [-0.15, -0.1) is 0 Å². The molecule has 6 heteroatoms. The summed E-state index contributed by atoms with van der Waals surface area (Å²) in [5.74, 6) is 0.219. The second-order valence-electron chi connectivity index (χ2n) is 11.5. The summed E-state index contributed by atoms with van der Waals surface area (Å²) in [6.07, 6.45) is 11.1. The predicted molar refractivity (Wildman–Crippen MR) is 175 cm³/mol. The molecule has 0 fully saturated rings. The third-order valence-electron chi connectivity index (χ3n) is 7.64. The van der Waals surface area contributed by atoms with Crippen LogP contribution in [0.15, 0.2) is 72.8 Å². The number of hydrogen-bond acceptors (Lipinski definition) is 5. The molecule has 0 bridgehead atoms. The minimum absolute atomic E-state index is 0.175. The van der Waals surface area contributed by atoms with Crippen molar-refractivity contribution in [1.29, 1.82) is 0 Å². The van der Waals surface area contributed by atoms with Gasteiger partial charge in [0.15, 0.2) is 0 Å². The van der Waals surface area contributed by atoms with Crippen LogP contribution in [0.4, 0.5) is 4.39 Å². The first kappa shape index (κ1) is 34.8. The van der Waals surface area contributed by atoms with Gasteiger partial charge in [-0.05, 0) is 79.4 Å². The third-order valence-corrected chi connectivity index (χ3v) is 7.64. The lowest BCUT2D eigenvalue weighted by atomic mass is 10.1. The van der Waals surface area contributed by atoms with Crippen LogP contribution in [0.3, 0.4) is 0 Å². The van der Waals surface area contributed by atoms with E-state index >= 15 is 0 Å². The molecule has 3 aromatic rings. The average Bonchev–Trinajstić information content (AvgIpc) is 3.03. The lowest BCUT2D eigenvalue weighted by Gasteiger charge is -2.16. The van der Waals surface area contributed by atoms with Gasteiger partial charge in [-0.3, -0.25) is 0 Å². The molecule has 0 aliphatic rings. The third kappa shape index (κ3) is 12.5.